The summed E-state index contributed by atoms with van der Waals surface area (Å²) in [6.45, 7) is 5.54. The molecule has 7 heteroatoms. The summed E-state index contributed by atoms with van der Waals surface area (Å²) in [5, 5.41) is 1.71. The van der Waals surface area contributed by atoms with Crippen molar-refractivity contribution in [1.82, 2.24) is 4.31 Å². The Morgan fingerprint density at radius 2 is 1.94 bits per heavy atom. The van der Waals surface area contributed by atoms with Crippen molar-refractivity contribution in [1.29, 1.82) is 0 Å². The van der Waals surface area contributed by atoms with Gasteiger partial charge in [-0.3, -0.25) is 0 Å². The molecule has 0 aromatic carbocycles. The molecule has 0 aliphatic rings. The minimum absolute atomic E-state index is 0.226. The van der Waals surface area contributed by atoms with E-state index in [1.807, 2.05) is 20.8 Å². The predicted molar refractivity (Wildman–Crippen MR) is 73.3 cm³/mol. The van der Waals surface area contributed by atoms with Crippen LogP contribution >= 0.6 is 27.3 Å². The fourth-order valence-electron chi connectivity index (χ4n) is 1.15. The molecule has 0 unspecified atom stereocenters. The molecular formula is C10H16BrNO3S2. The highest BCUT2D eigenvalue weighted by Gasteiger charge is 2.34. The second-order valence-corrected chi connectivity index (χ2v) is 8.45. The quantitative estimate of drug-likeness (QED) is 0.849. The summed E-state index contributed by atoms with van der Waals surface area (Å²) in [4.78, 5) is 0. The van der Waals surface area contributed by atoms with Crippen LogP contribution in [0.25, 0.3) is 0 Å². The van der Waals surface area contributed by atoms with E-state index in [0.717, 1.165) is 11.3 Å². The van der Waals surface area contributed by atoms with E-state index in [1.54, 1.807) is 12.4 Å². The summed E-state index contributed by atoms with van der Waals surface area (Å²) >= 11 is 4.42. The van der Waals surface area contributed by atoms with Crippen LogP contribution in [0.4, 0.5) is 0 Å². The minimum atomic E-state index is -3.52. The van der Waals surface area contributed by atoms with E-state index < -0.39 is 15.6 Å². The summed E-state index contributed by atoms with van der Waals surface area (Å²) in [6, 6.07) is 0. The zero-order valence-electron chi connectivity index (χ0n) is 10.4. The molecular weight excluding hydrogens is 326 g/mol. The standard InChI is InChI=1S/C10H16BrNO3S2/c1-10(2,3)12(4)17(13,14)9-8(15-5)7(11)6-16-9/h6H,1-5H3. The van der Waals surface area contributed by atoms with Crippen molar-refractivity contribution in [2.45, 2.75) is 30.5 Å². The maximum absolute atomic E-state index is 12.4. The van der Waals surface area contributed by atoms with Crippen molar-refractivity contribution in [3.63, 3.8) is 0 Å². The van der Waals surface area contributed by atoms with Crippen LogP contribution in [0.1, 0.15) is 20.8 Å². The topological polar surface area (TPSA) is 46.6 Å². The molecule has 1 rings (SSSR count). The second kappa shape index (κ2) is 4.87. The Labute approximate surface area is 115 Å². The summed E-state index contributed by atoms with van der Waals surface area (Å²) in [5.41, 5.74) is -0.472. The Morgan fingerprint density at radius 1 is 1.41 bits per heavy atom. The molecule has 0 amide bonds. The van der Waals surface area contributed by atoms with E-state index >= 15 is 0 Å². The van der Waals surface area contributed by atoms with Crippen molar-refractivity contribution in [3.8, 4) is 5.75 Å². The number of thiophene rings is 1. The molecule has 98 valence electrons. The summed E-state index contributed by atoms with van der Waals surface area (Å²) < 4.78 is 32.2. The van der Waals surface area contributed by atoms with E-state index in [4.69, 9.17) is 4.74 Å². The van der Waals surface area contributed by atoms with Gasteiger partial charge in [0.05, 0.1) is 11.6 Å². The molecule has 0 bridgehead atoms. The highest BCUT2D eigenvalue weighted by Crippen LogP contribution is 2.40. The normalized spacial score (nSPS) is 13.1. The number of sulfonamides is 1. The molecule has 1 aromatic heterocycles. The third-order valence-corrected chi connectivity index (χ3v) is 6.90. The smallest absolute Gasteiger partial charge is 0.256 e. The first kappa shape index (κ1) is 14.9. The maximum atomic E-state index is 12.4. The van der Waals surface area contributed by atoms with Crippen LogP contribution in [0.2, 0.25) is 0 Å². The van der Waals surface area contributed by atoms with Crippen LogP contribution in [0.15, 0.2) is 14.1 Å². The molecule has 0 fully saturated rings. The molecule has 0 radical (unpaired) electrons. The first-order chi connectivity index (χ1) is 7.62. The second-order valence-electron chi connectivity index (χ2n) is 4.55. The van der Waals surface area contributed by atoms with Crippen molar-refractivity contribution < 1.29 is 13.2 Å². The Kier molecular flexibility index (Phi) is 4.28. The molecule has 1 aromatic rings. The Morgan fingerprint density at radius 3 is 2.35 bits per heavy atom. The van der Waals surface area contributed by atoms with Gasteiger partial charge in [0.1, 0.15) is 0 Å². The molecule has 1 heterocycles. The first-order valence-corrected chi connectivity index (χ1v) is 8.03. The van der Waals surface area contributed by atoms with Gasteiger partial charge in [-0.1, -0.05) is 0 Å². The fourth-order valence-corrected chi connectivity index (χ4v) is 5.04. The maximum Gasteiger partial charge on any atom is 0.256 e. The predicted octanol–water partition coefficient (Wildman–Crippen LogP) is 2.94. The summed E-state index contributed by atoms with van der Waals surface area (Å²) in [7, 11) is -0.489. The third-order valence-electron chi connectivity index (χ3n) is 2.42. The van der Waals surface area contributed by atoms with Crippen molar-refractivity contribution in [2.24, 2.45) is 0 Å². The van der Waals surface area contributed by atoms with Crippen molar-refractivity contribution in [2.75, 3.05) is 14.2 Å². The number of methoxy groups -OCH3 is 1. The number of hydrogen-bond donors (Lipinski definition) is 0. The summed E-state index contributed by atoms with van der Waals surface area (Å²) in [6.07, 6.45) is 0. The van der Waals surface area contributed by atoms with Gasteiger partial charge in [-0.05, 0) is 36.7 Å². The third kappa shape index (κ3) is 2.83. The molecule has 0 spiro atoms. The van der Waals surface area contributed by atoms with Gasteiger partial charge in [0.25, 0.3) is 10.0 Å². The van der Waals surface area contributed by atoms with Gasteiger partial charge in [-0.15, -0.1) is 11.3 Å². The number of hydrogen-bond acceptors (Lipinski definition) is 4. The number of rotatable bonds is 3. The van der Waals surface area contributed by atoms with Crippen LogP contribution in [0.3, 0.4) is 0 Å². The number of halogens is 1. The Balaban J connectivity index is 3.32. The van der Waals surface area contributed by atoms with Crippen LogP contribution in [-0.2, 0) is 10.0 Å². The minimum Gasteiger partial charge on any atom is -0.493 e. The lowest BCUT2D eigenvalue weighted by Crippen LogP contribution is -2.42. The molecule has 0 saturated carbocycles. The highest BCUT2D eigenvalue weighted by molar-refractivity contribution is 9.10. The number of nitrogens with zero attached hydrogens (tertiary/aromatic N) is 1. The zero-order chi connectivity index (χ0) is 13.4. The summed E-state index contributed by atoms with van der Waals surface area (Å²) in [5.74, 6) is 0.367. The monoisotopic (exact) mass is 341 g/mol. The van der Waals surface area contributed by atoms with Gasteiger partial charge in [-0.2, -0.15) is 4.31 Å². The van der Waals surface area contributed by atoms with E-state index in [1.165, 1.54) is 11.4 Å². The lowest BCUT2D eigenvalue weighted by Gasteiger charge is -2.30. The zero-order valence-corrected chi connectivity index (χ0v) is 13.7. The lowest BCUT2D eigenvalue weighted by atomic mass is 10.1. The van der Waals surface area contributed by atoms with E-state index in [0.29, 0.717) is 10.2 Å². The van der Waals surface area contributed by atoms with Crippen molar-refractivity contribution in [3.05, 3.63) is 9.85 Å². The molecule has 0 atom stereocenters. The van der Waals surface area contributed by atoms with E-state index in [-0.39, 0.29) is 4.21 Å². The average molecular weight is 342 g/mol. The lowest BCUT2D eigenvalue weighted by molar-refractivity contribution is 0.291. The van der Waals surface area contributed by atoms with Gasteiger partial charge < -0.3 is 4.74 Å². The van der Waals surface area contributed by atoms with Crippen LogP contribution in [-0.4, -0.2) is 32.4 Å². The molecule has 4 nitrogen and oxygen atoms in total. The van der Waals surface area contributed by atoms with E-state index in [9.17, 15) is 8.42 Å². The largest absolute Gasteiger partial charge is 0.493 e. The molecule has 17 heavy (non-hydrogen) atoms. The van der Waals surface area contributed by atoms with Gasteiger partial charge in [0.15, 0.2) is 9.96 Å². The Hall–Kier alpha value is -0.110. The fraction of sp³-hybridized carbons (Fsp3) is 0.600. The molecule has 0 aliphatic carbocycles. The van der Waals surface area contributed by atoms with Crippen LogP contribution in [0.5, 0.6) is 5.75 Å². The first-order valence-electron chi connectivity index (χ1n) is 4.92. The van der Waals surface area contributed by atoms with Crippen LogP contribution in [0, 0.1) is 0 Å². The van der Waals surface area contributed by atoms with Gasteiger partial charge >= 0.3 is 0 Å². The van der Waals surface area contributed by atoms with E-state index in [2.05, 4.69) is 15.9 Å². The van der Waals surface area contributed by atoms with Gasteiger partial charge in [-0.25, -0.2) is 8.42 Å². The van der Waals surface area contributed by atoms with Crippen LogP contribution < -0.4 is 4.74 Å². The molecule has 0 saturated heterocycles. The average Bonchev–Trinajstić information content (AvgIpc) is 2.57. The van der Waals surface area contributed by atoms with Crippen molar-refractivity contribution >= 4 is 37.3 Å². The molecule has 0 aliphatic heterocycles. The van der Waals surface area contributed by atoms with Gasteiger partial charge in [0.2, 0.25) is 0 Å². The number of ether oxygens (including phenoxy) is 1. The molecule has 0 N–H and O–H groups in total. The SMILES string of the molecule is COc1c(Br)csc1S(=O)(=O)N(C)C(C)(C)C. The van der Waals surface area contributed by atoms with Gasteiger partial charge in [0, 0.05) is 18.0 Å². The Bertz CT molecular complexity index is 502. The highest BCUT2D eigenvalue weighted by atomic mass is 79.9.